The Labute approximate surface area is 84.1 Å². The van der Waals surface area contributed by atoms with Crippen LogP contribution >= 0.6 is 0 Å². The summed E-state index contributed by atoms with van der Waals surface area (Å²) < 4.78 is 11.5. The van der Waals surface area contributed by atoms with E-state index in [0.29, 0.717) is 12.3 Å². The Morgan fingerprint density at radius 2 is 2.29 bits per heavy atom. The van der Waals surface area contributed by atoms with Crippen molar-refractivity contribution in [2.75, 3.05) is 0 Å². The van der Waals surface area contributed by atoms with Crippen LogP contribution in [0.25, 0.3) is 0 Å². The minimum absolute atomic E-state index is 0.104. The summed E-state index contributed by atoms with van der Waals surface area (Å²) in [4.78, 5) is 11.2. The molecule has 0 bridgehead atoms. The summed E-state index contributed by atoms with van der Waals surface area (Å²) in [6, 6.07) is 0. The van der Waals surface area contributed by atoms with E-state index < -0.39 is 5.60 Å². The first kappa shape index (κ1) is 9.87. The summed E-state index contributed by atoms with van der Waals surface area (Å²) in [5.41, 5.74) is -0.400. The molecule has 0 radical (unpaired) electrons. The van der Waals surface area contributed by atoms with Gasteiger partial charge in [0.25, 0.3) is 0 Å². The Morgan fingerprint density at radius 1 is 1.57 bits per heavy atom. The molecule has 1 saturated heterocycles. The van der Waals surface area contributed by atoms with E-state index in [9.17, 15) is 4.79 Å². The van der Waals surface area contributed by atoms with Crippen molar-refractivity contribution in [1.29, 1.82) is 0 Å². The highest BCUT2D eigenvalue weighted by molar-refractivity contribution is 5.91. The average molecular weight is 196 g/mol. The van der Waals surface area contributed by atoms with Crippen molar-refractivity contribution in [1.82, 2.24) is 0 Å². The molecule has 1 fully saturated rings. The maximum atomic E-state index is 11.2. The molecule has 1 heterocycles. The van der Waals surface area contributed by atoms with Crippen LogP contribution in [0.4, 0.5) is 0 Å². The number of ketones is 1. The smallest absolute Gasteiger partial charge is 0.161 e. The molecule has 78 valence electrons. The second-order valence-electron chi connectivity index (χ2n) is 4.54. The molecule has 0 aromatic rings. The third-order valence-corrected chi connectivity index (χ3v) is 2.84. The minimum Gasteiger partial charge on any atom is -0.345 e. The van der Waals surface area contributed by atoms with Crippen LogP contribution in [0.3, 0.4) is 0 Å². The Balaban J connectivity index is 2.18. The maximum Gasteiger partial charge on any atom is 0.161 e. The maximum absolute atomic E-state index is 11.2. The molecule has 0 unspecified atom stereocenters. The molecular formula is C11H16O3. The van der Waals surface area contributed by atoms with Crippen LogP contribution in [-0.2, 0) is 14.3 Å². The molecule has 0 aromatic carbocycles. The van der Waals surface area contributed by atoms with Gasteiger partial charge < -0.3 is 9.47 Å². The van der Waals surface area contributed by atoms with Crippen LogP contribution in [0, 0.1) is 5.92 Å². The Bertz CT molecular complexity index is 282. The molecule has 2 aliphatic rings. The van der Waals surface area contributed by atoms with E-state index in [1.807, 2.05) is 13.0 Å². The lowest BCUT2D eigenvalue weighted by Gasteiger charge is -2.27. The van der Waals surface area contributed by atoms with Gasteiger partial charge in [0, 0.05) is 12.3 Å². The molecule has 0 aromatic heterocycles. The molecule has 1 aliphatic carbocycles. The molecule has 0 saturated carbocycles. The number of ether oxygens (including phenoxy) is 2. The molecule has 1 aliphatic heterocycles. The standard InChI is InChI=1S/C11H16O3/c1-7(2)10-13-9-6-8(12)4-5-11(9,3)14-10/h4-5,7,9-10H,6H2,1-3H3/t9-,10-,11+/m0/s1. The fourth-order valence-electron chi connectivity index (χ4n) is 1.85. The highest BCUT2D eigenvalue weighted by Gasteiger charge is 2.47. The van der Waals surface area contributed by atoms with Crippen LogP contribution in [0.5, 0.6) is 0 Å². The topological polar surface area (TPSA) is 35.5 Å². The lowest BCUT2D eigenvalue weighted by Crippen LogP contribution is -2.38. The van der Waals surface area contributed by atoms with Gasteiger partial charge in [-0.1, -0.05) is 13.8 Å². The van der Waals surface area contributed by atoms with Gasteiger partial charge in [-0.25, -0.2) is 0 Å². The van der Waals surface area contributed by atoms with Gasteiger partial charge in [-0.05, 0) is 19.1 Å². The number of rotatable bonds is 1. The highest BCUT2D eigenvalue weighted by atomic mass is 16.7. The van der Waals surface area contributed by atoms with Crippen LogP contribution in [0.1, 0.15) is 27.2 Å². The van der Waals surface area contributed by atoms with Gasteiger partial charge in [0.15, 0.2) is 12.1 Å². The molecule has 14 heavy (non-hydrogen) atoms. The predicted molar refractivity (Wildman–Crippen MR) is 51.8 cm³/mol. The second kappa shape index (κ2) is 3.17. The Morgan fingerprint density at radius 3 is 2.93 bits per heavy atom. The van der Waals surface area contributed by atoms with E-state index in [-0.39, 0.29) is 18.2 Å². The Hall–Kier alpha value is -0.670. The number of fused-ring (bicyclic) bond motifs is 1. The number of carbonyl (C=O) groups excluding carboxylic acids is 1. The monoisotopic (exact) mass is 196 g/mol. The van der Waals surface area contributed by atoms with Gasteiger partial charge in [0.2, 0.25) is 0 Å². The molecule has 3 atom stereocenters. The van der Waals surface area contributed by atoms with E-state index in [1.54, 1.807) is 6.08 Å². The van der Waals surface area contributed by atoms with Crippen molar-refractivity contribution in [2.24, 2.45) is 5.92 Å². The number of hydrogen-bond acceptors (Lipinski definition) is 3. The second-order valence-corrected chi connectivity index (χ2v) is 4.54. The fourth-order valence-corrected chi connectivity index (χ4v) is 1.85. The van der Waals surface area contributed by atoms with E-state index in [4.69, 9.17) is 9.47 Å². The summed E-state index contributed by atoms with van der Waals surface area (Å²) in [5, 5.41) is 0. The first-order chi connectivity index (χ1) is 6.51. The summed E-state index contributed by atoms with van der Waals surface area (Å²) in [5.74, 6) is 0.446. The van der Waals surface area contributed by atoms with Gasteiger partial charge in [-0.2, -0.15) is 0 Å². The van der Waals surface area contributed by atoms with E-state index in [1.165, 1.54) is 0 Å². The lowest BCUT2D eigenvalue weighted by molar-refractivity contribution is -0.119. The van der Waals surface area contributed by atoms with Gasteiger partial charge in [0.1, 0.15) is 11.7 Å². The number of carbonyl (C=O) groups is 1. The van der Waals surface area contributed by atoms with Crippen LogP contribution < -0.4 is 0 Å². The molecule has 2 rings (SSSR count). The molecule has 3 heteroatoms. The van der Waals surface area contributed by atoms with E-state index in [2.05, 4.69) is 13.8 Å². The zero-order chi connectivity index (χ0) is 10.3. The largest absolute Gasteiger partial charge is 0.345 e. The molecule has 0 amide bonds. The van der Waals surface area contributed by atoms with Crippen molar-refractivity contribution in [3.05, 3.63) is 12.2 Å². The van der Waals surface area contributed by atoms with Crippen molar-refractivity contribution >= 4 is 5.78 Å². The van der Waals surface area contributed by atoms with Gasteiger partial charge in [-0.3, -0.25) is 4.79 Å². The van der Waals surface area contributed by atoms with Crippen LogP contribution in [0.2, 0.25) is 0 Å². The number of allylic oxidation sites excluding steroid dienone is 1. The van der Waals surface area contributed by atoms with Crippen molar-refractivity contribution in [2.45, 2.75) is 45.2 Å². The average Bonchev–Trinajstić information content (AvgIpc) is 2.43. The highest BCUT2D eigenvalue weighted by Crippen LogP contribution is 2.37. The quantitative estimate of drug-likeness (QED) is 0.640. The van der Waals surface area contributed by atoms with Crippen LogP contribution in [-0.4, -0.2) is 23.8 Å². The lowest BCUT2D eigenvalue weighted by atomic mass is 9.89. The molecule has 0 N–H and O–H groups in total. The van der Waals surface area contributed by atoms with E-state index >= 15 is 0 Å². The molecular weight excluding hydrogens is 180 g/mol. The van der Waals surface area contributed by atoms with Gasteiger partial charge >= 0.3 is 0 Å². The van der Waals surface area contributed by atoms with E-state index in [0.717, 1.165) is 0 Å². The first-order valence-corrected chi connectivity index (χ1v) is 5.06. The summed E-state index contributed by atoms with van der Waals surface area (Å²) in [6.07, 6.45) is 3.58. The van der Waals surface area contributed by atoms with Crippen LogP contribution in [0.15, 0.2) is 12.2 Å². The normalized spacial score (nSPS) is 41.9. The fraction of sp³-hybridized carbons (Fsp3) is 0.727. The predicted octanol–water partition coefficient (Wildman–Crippen LogP) is 1.67. The van der Waals surface area contributed by atoms with Crippen molar-refractivity contribution in [3.8, 4) is 0 Å². The zero-order valence-electron chi connectivity index (χ0n) is 8.82. The molecule has 3 nitrogen and oxygen atoms in total. The molecule has 0 spiro atoms. The zero-order valence-corrected chi connectivity index (χ0v) is 8.82. The first-order valence-electron chi connectivity index (χ1n) is 5.06. The number of hydrogen-bond donors (Lipinski definition) is 0. The minimum atomic E-state index is -0.400. The van der Waals surface area contributed by atoms with Gasteiger partial charge in [-0.15, -0.1) is 0 Å². The summed E-state index contributed by atoms with van der Waals surface area (Å²) >= 11 is 0. The third-order valence-electron chi connectivity index (χ3n) is 2.84. The Kier molecular flexibility index (Phi) is 2.24. The summed E-state index contributed by atoms with van der Waals surface area (Å²) in [7, 11) is 0. The van der Waals surface area contributed by atoms with Gasteiger partial charge in [0.05, 0.1) is 0 Å². The van der Waals surface area contributed by atoms with Crippen molar-refractivity contribution in [3.63, 3.8) is 0 Å². The third kappa shape index (κ3) is 1.51. The SMILES string of the molecule is CC(C)[C@H]1O[C@H]2CC(=O)C=C[C@@]2(C)O1. The summed E-state index contributed by atoms with van der Waals surface area (Å²) in [6.45, 7) is 6.08. The van der Waals surface area contributed by atoms with Crippen molar-refractivity contribution < 1.29 is 14.3 Å².